The molecule has 4 heteroatoms. The van der Waals surface area contributed by atoms with Crippen LogP contribution in [0.1, 0.15) is 46.0 Å². The molecule has 0 aliphatic heterocycles. The van der Waals surface area contributed by atoms with E-state index >= 15 is 0 Å². The molecule has 0 bridgehead atoms. The monoisotopic (exact) mass is 252 g/mol. The SMILES string of the molecule is CCCCC(CCCn1ccnc1)C(=O)OCC. The van der Waals surface area contributed by atoms with Crippen LogP contribution >= 0.6 is 0 Å². The quantitative estimate of drug-likeness (QED) is 0.634. The summed E-state index contributed by atoms with van der Waals surface area (Å²) in [6.45, 7) is 5.40. The van der Waals surface area contributed by atoms with E-state index in [-0.39, 0.29) is 11.9 Å². The predicted octanol–water partition coefficient (Wildman–Crippen LogP) is 3.03. The van der Waals surface area contributed by atoms with Gasteiger partial charge in [-0.1, -0.05) is 19.8 Å². The maximum atomic E-state index is 11.8. The molecule has 1 atom stereocenters. The van der Waals surface area contributed by atoms with Crippen molar-refractivity contribution < 1.29 is 9.53 Å². The number of aryl methyl sites for hydroxylation is 1. The highest BCUT2D eigenvalue weighted by Gasteiger charge is 2.18. The average molecular weight is 252 g/mol. The molecule has 0 N–H and O–H groups in total. The highest BCUT2D eigenvalue weighted by atomic mass is 16.5. The van der Waals surface area contributed by atoms with E-state index in [4.69, 9.17) is 4.74 Å². The molecule has 0 fully saturated rings. The Kier molecular flexibility index (Phi) is 7.14. The largest absolute Gasteiger partial charge is 0.466 e. The zero-order valence-electron chi connectivity index (χ0n) is 11.5. The van der Waals surface area contributed by atoms with Gasteiger partial charge < -0.3 is 9.30 Å². The Hall–Kier alpha value is -1.32. The lowest BCUT2D eigenvalue weighted by molar-refractivity contribution is -0.148. The number of aromatic nitrogens is 2. The van der Waals surface area contributed by atoms with Crippen molar-refractivity contribution in [1.29, 1.82) is 0 Å². The molecular weight excluding hydrogens is 228 g/mol. The second-order valence-corrected chi connectivity index (χ2v) is 4.53. The van der Waals surface area contributed by atoms with Crippen LogP contribution in [-0.2, 0) is 16.1 Å². The third kappa shape index (κ3) is 5.34. The maximum absolute atomic E-state index is 11.8. The standard InChI is InChI=1S/C14H24N2O2/c1-3-5-7-13(14(17)18-4-2)8-6-10-16-11-9-15-12-16/h9,11-13H,3-8,10H2,1-2H3. The molecule has 1 rings (SSSR count). The Morgan fingerprint density at radius 3 is 2.72 bits per heavy atom. The first-order valence-electron chi connectivity index (χ1n) is 6.90. The molecule has 4 nitrogen and oxygen atoms in total. The van der Waals surface area contributed by atoms with Crippen molar-refractivity contribution in [1.82, 2.24) is 9.55 Å². The minimum Gasteiger partial charge on any atom is -0.466 e. The van der Waals surface area contributed by atoms with E-state index < -0.39 is 0 Å². The van der Waals surface area contributed by atoms with Crippen LogP contribution in [0, 0.1) is 5.92 Å². The first kappa shape index (κ1) is 14.7. The number of unbranched alkanes of at least 4 members (excludes halogenated alkanes) is 1. The Morgan fingerprint density at radius 2 is 2.11 bits per heavy atom. The molecule has 102 valence electrons. The molecule has 0 aromatic carbocycles. The Morgan fingerprint density at radius 1 is 1.33 bits per heavy atom. The summed E-state index contributed by atoms with van der Waals surface area (Å²) >= 11 is 0. The fourth-order valence-electron chi connectivity index (χ4n) is 2.03. The molecule has 0 spiro atoms. The van der Waals surface area contributed by atoms with Gasteiger partial charge in [-0.3, -0.25) is 4.79 Å². The van der Waals surface area contributed by atoms with Gasteiger partial charge in [0.1, 0.15) is 0 Å². The molecule has 0 radical (unpaired) electrons. The lowest BCUT2D eigenvalue weighted by atomic mass is 9.97. The fourth-order valence-corrected chi connectivity index (χ4v) is 2.03. The number of carbonyl (C=O) groups excluding carboxylic acids is 1. The minimum atomic E-state index is -0.0309. The van der Waals surface area contributed by atoms with Crippen molar-refractivity contribution in [3.05, 3.63) is 18.7 Å². The van der Waals surface area contributed by atoms with Gasteiger partial charge in [-0.2, -0.15) is 0 Å². The number of imidazole rings is 1. The molecule has 0 saturated heterocycles. The van der Waals surface area contributed by atoms with Crippen LogP contribution in [0.15, 0.2) is 18.7 Å². The van der Waals surface area contributed by atoms with Crippen molar-refractivity contribution >= 4 is 5.97 Å². The summed E-state index contributed by atoms with van der Waals surface area (Å²) in [4.78, 5) is 15.8. The third-order valence-electron chi connectivity index (χ3n) is 3.05. The Balaban J connectivity index is 2.32. The molecule has 1 aromatic heterocycles. The van der Waals surface area contributed by atoms with E-state index in [0.29, 0.717) is 6.61 Å². The van der Waals surface area contributed by atoms with Crippen LogP contribution < -0.4 is 0 Å². The molecule has 0 saturated carbocycles. The summed E-state index contributed by atoms with van der Waals surface area (Å²) in [6, 6.07) is 0. The van der Waals surface area contributed by atoms with Crippen LogP contribution in [0.2, 0.25) is 0 Å². The lowest BCUT2D eigenvalue weighted by Crippen LogP contribution is -2.18. The van der Waals surface area contributed by atoms with Gasteiger partial charge >= 0.3 is 5.97 Å². The van der Waals surface area contributed by atoms with Crippen molar-refractivity contribution in [3.63, 3.8) is 0 Å². The number of carbonyl (C=O) groups is 1. The van der Waals surface area contributed by atoms with Gasteiger partial charge in [0.25, 0.3) is 0 Å². The molecule has 18 heavy (non-hydrogen) atoms. The Bertz CT molecular complexity index is 323. The summed E-state index contributed by atoms with van der Waals surface area (Å²) in [5.74, 6) is 0.0324. The van der Waals surface area contributed by atoms with E-state index in [1.54, 1.807) is 6.20 Å². The van der Waals surface area contributed by atoms with Gasteiger partial charge in [-0.25, -0.2) is 4.98 Å². The lowest BCUT2D eigenvalue weighted by Gasteiger charge is -2.15. The maximum Gasteiger partial charge on any atom is 0.308 e. The minimum absolute atomic E-state index is 0.0309. The normalized spacial score (nSPS) is 12.3. The van der Waals surface area contributed by atoms with Gasteiger partial charge in [0.15, 0.2) is 0 Å². The van der Waals surface area contributed by atoms with Crippen molar-refractivity contribution in [3.8, 4) is 0 Å². The molecule has 0 aliphatic rings. The summed E-state index contributed by atoms with van der Waals surface area (Å²) in [6.07, 6.45) is 10.6. The van der Waals surface area contributed by atoms with E-state index in [9.17, 15) is 4.79 Å². The van der Waals surface area contributed by atoms with Crippen LogP contribution in [0.4, 0.5) is 0 Å². The molecule has 1 aromatic rings. The van der Waals surface area contributed by atoms with Crippen LogP contribution in [0.25, 0.3) is 0 Å². The average Bonchev–Trinajstić information content (AvgIpc) is 2.86. The third-order valence-corrected chi connectivity index (χ3v) is 3.05. The highest BCUT2D eigenvalue weighted by molar-refractivity contribution is 5.72. The zero-order chi connectivity index (χ0) is 13.2. The van der Waals surface area contributed by atoms with E-state index in [0.717, 1.165) is 38.6 Å². The number of esters is 1. The van der Waals surface area contributed by atoms with Gasteiger partial charge in [0.05, 0.1) is 18.9 Å². The van der Waals surface area contributed by atoms with Crippen molar-refractivity contribution in [2.75, 3.05) is 6.61 Å². The smallest absolute Gasteiger partial charge is 0.308 e. The summed E-state index contributed by atoms with van der Waals surface area (Å²) in [7, 11) is 0. The summed E-state index contributed by atoms with van der Waals surface area (Å²) in [5.41, 5.74) is 0. The molecule has 0 amide bonds. The second kappa shape index (κ2) is 8.72. The number of ether oxygens (including phenoxy) is 1. The van der Waals surface area contributed by atoms with Crippen molar-refractivity contribution in [2.45, 2.75) is 52.5 Å². The number of hydrogen-bond acceptors (Lipinski definition) is 3. The van der Waals surface area contributed by atoms with Gasteiger partial charge in [-0.15, -0.1) is 0 Å². The van der Waals surface area contributed by atoms with Crippen LogP contribution in [0.5, 0.6) is 0 Å². The molecule has 1 heterocycles. The first-order chi connectivity index (χ1) is 8.77. The van der Waals surface area contributed by atoms with Gasteiger partial charge in [0.2, 0.25) is 0 Å². The number of hydrogen-bond donors (Lipinski definition) is 0. The van der Waals surface area contributed by atoms with E-state index in [1.165, 1.54) is 0 Å². The molecule has 0 aliphatic carbocycles. The summed E-state index contributed by atoms with van der Waals surface area (Å²) < 4.78 is 7.17. The fraction of sp³-hybridized carbons (Fsp3) is 0.714. The van der Waals surface area contributed by atoms with Gasteiger partial charge in [-0.05, 0) is 26.2 Å². The topological polar surface area (TPSA) is 44.1 Å². The van der Waals surface area contributed by atoms with Crippen LogP contribution in [-0.4, -0.2) is 22.1 Å². The highest BCUT2D eigenvalue weighted by Crippen LogP contribution is 2.17. The van der Waals surface area contributed by atoms with Crippen molar-refractivity contribution in [2.24, 2.45) is 5.92 Å². The predicted molar refractivity (Wildman–Crippen MR) is 71.1 cm³/mol. The number of nitrogens with zero attached hydrogens (tertiary/aromatic N) is 2. The van der Waals surface area contributed by atoms with Crippen LogP contribution in [0.3, 0.4) is 0 Å². The zero-order valence-corrected chi connectivity index (χ0v) is 11.5. The number of rotatable bonds is 9. The molecule has 1 unspecified atom stereocenters. The summed E-state index contributed by atoms with van der Waals surface area (Å²) in [5, 5.41) is 0. The Labute approximate surface area is 109 Å². The van der Waals surface area contributed by atoms with Gasteiger partial charge in [0, 0.05) is 18.9 Å². The first-order valence-corrected chi connectivity index (χ1v) is 6.90. The van der Waals surface area contributed by atoms with E-state index in [2.05, 4.69) is 11.9 Å². The van der Waals surface area contributed by atoms with E-state index in [1.807, 2.05) is 24.0 Å². The second-order valence-electron chi connectivity index (χ2n) is 4.53. The molecular formula is C14H24N2O2.